The molecule has 0 aromatic heterocycles. The summed E-state index contributed by atoms with van der Waals surface area (Å²) in [6, 6.07) is 8.74. The fourth-order valence-corrected chi connectivity index (χ4v) is 5.90. The highest BCUT2D eigenvalue weighted by molar-refractivity contribution is 5.90. The van der Waals surface area contributed by atoms with Crippen LogP contribution in [-0.2, 0) is 0 Å². The third kappa shape index (κ3) is 3.68. The van der Waals surface area contributed by atoms with Crippen molar-refractivity contribution < 1.29 is 4.79 Å². The average Bonchev–Trinajstić information content (AvgIpc) is 3.26. The van der Waals surface area contributed by atoms with Crippen LogP contribution in [-0.4, -0.2) is 36.6 Å². The molecule has 0 radical (unpaired) electrons. The predicted octanol–water partition coefficient (Wildman–Crippen LogP) is 5.50. The smallest absolute Gasteiger partial charge is 0.322 e. The van der Waals surface area contributed by atoms with Gasteiger partial charge in [0.1, 0.15) is 0 Å². The van der Waals surface area contributed by atoms with Crippen molar-refractivity contribution in [2.75, 3.05) is 24.3 Å². The fourth-order valence-electron chi connectivity index (χ4n) is 5.90. The number of carbonyl (C=O) groups is 1. The minimum atomic E-state index is 0.0149. The number of carbonyl (C=O) groups excluding carboxylic acids is 1. The largest absolute Gasteiger partial charge is 0.378 e. The van der Waals surface area contributed by atoms with E-state index < -0.39 is 0 Å². The highest BCUT2D eigenvalue weighted by Crippen LogP contribution is 2.49. The number of amides is 2. The topological polar surface area (TPSA) is 35.6 Å². The van der Waals surface area contributed by atoms with Gasteiger partial charge in [-0.2, -0.15) is 0 Å². The zero-order valence-electron chi connectivity index (χ0n) is 17.2. The Morgan fingerprint density at radius 2 is 1.74 bits per heavy atom. The minimum Gasteiger partial charge on any atom is -0.378 e. The Balaban J connectivity index is 1.55. The molecule has 148 valence electrons. The lowest BCUT2D eigenvalue weighted by Gasteiger charge is -2.49. The van der Waals surface area contributed by atoms with Gasteiger partial charge in [0.15, 0.2) is 0 Å². The first kappa shape index (κ1) is 18.6. The number of nitrogens with zero attached hydrogens (tertiary/aromatic N) is 2. The second kappa shape index (κ2) is 7.37. The molecule has 0 saturated heterocycles. The Morgan fingerprint density at radius 3 is 2.30 bits per heavy atom. The molecular weight excluding hydrogens is 334 g/mol. The maximum atomic E-state index is 13.5. The Bertz CT molecular complexity index is 663. The Labute approximate surface area is 164 Å². The standard InChI is InChI=1S/C23H35N3O/c1-23(13-5-4-6-14-23)26(21-16-17-7-8-18(21)15-17)22(27)24-19-9-11-20(12-10-19)25(2)3/h9-12,17-18,21H,4-8,13-16H2,1-3H3,(H,24,27). The van der Waals surface area contributed by atoms with Crippen molar-refractivity contribution >= 4 is 17.4 Å². The second-order valence-corrected chi connectivity index (χ2v) is 9.54. The summed E-state index contributed by atoms with van der Waals surface area (Å²) >= 11 is 0. The maximum Gasteiger partial charge on any atom is 0.322 e. The molecule has 3 fully saturated rings. The molecule has 3 unspecified atom stereocenters. The van der Waals surface area contributed by atoms with Crippen LogP contribution in [0.15, 0.2) is 24.3 Å². The molecule has 4 nitrogen and oxygen atoms in total. The van der Waals surface area contributed by atoms with Crippen LogP contribution in [0, 0.1) is 11.8 Å². The summed E-state index contributed by atoms with van der Waals surface area (Å²) in [5.74, 6) is 1.57. The minimum absolute atomic E-state index is 0.0149. The van der Waals surface area contributed by atoms with E-state index in [1.54, 1.807) is 0 Å². The maximum absolute atomic E-state index is 13.5. The van der Waals surface area contributed by atoms with Gasteiger partial charge in [-0.25, -0.2) is 4.79 Å². The molecule has 3 aliphatic carbocycles. The zero-order chi connectivity index (χ0) is 19.0. The van der Waals surface area contributed by atoms with Crippen molar-refractivity contribution in [1.82, 2.24) is 4.90 Å². The van der Waals surface area contributed by atoms with Crippen LogP contribution in [0.4, 0.5) is 16.2 Å². The van der Waals surface area contributed by atoms with E-state index in [0.717, 1.165) is 36.1 Å². The lowest BCUT2D eigenvalue weighted by atomic mass is 9.79. The van der Waals surface area contributed by atoms with Crippen LogP contribution in [0.1, 0.15) is 64.7 Å². The highest BCUT2D eigenvalue weighted by Gasteiger charge is 2.49. The van der Waals surface area contributed by atoms with E-state index >= 15 is 0 Å². The summed E-state index contributed by atoms with van der Waals surface area (Å²) in [7, 11) is 4.07. The molecule has 3 aliphatic rings. The highest BCUT2D eigenvalue weighted by atomic mass is 16.2. The van der Waals surface area contributed by atoms with Gasteiger partial charge in [0, 0.05) is 37.1 Å². The summed E-state index contributed by atoms with van der Waals surface area (Å²) in [4.78, 5) is 17.9. The van der Waals surface area contributed by atoms with E-state index in [1.807, 2.05) is 26.2 Å². The first-order valence-electron chi connectivity index (χ1n) is 10.8. The molecule has 1 N–H and O–H groups in total. The van der Waals surface area contributed by atoms with Crippen LogP contribution in [0.3, 0.4) is 0 Å². The quantitative estimate of drug-likeness (QED) is 0.761. The van der Waals surface area contributed by atoms with Crippen LogP contribution >= 0.6 is 0 Å². The van der Waals surface area contributed by atoms with Crippen LogP contribution in [0.5, 0.6) is 0 Å². The van der Waals surface area contributed by atoms with Gasteiger partial charge >= 0.3 is 6.03 Å². The fraction of sp³-hybridized carbons (Fsp3) is 0.696. The van der Waals surface area contributed by atoms with Crippen molar-refractivity contribution in [2.24, 2.45) is 11.8 Å². The number of anilines is 2. The summed E-state index contributed by atoms with van der Waals surface area (Å²) < 4.78 is 0. The normalized spacial score (nSPS) is 28.8. The van der Waals surface area contributed by atoms with Crippen molar-refractivity contribution in [3.63, 3.8) is 0 Å². The lowest BCUT2D eigenvalue weighted by Crippen LogP contribution is -2.58. The lowest BCUT2D eigenvalue weighted by molar-refractivity contribution is 0.0445. The first-order valence-corrected chi connectivity index (χ1v) is 10.8. The van der Waals surface area contributed by atoms with E-state index in [9.17, 15) is 4.79 Å². The monoisotopic (exact) mass is 369 g/mol. The summed E-state index contributed by atoms with van der Waals surface area (Å²) in [6.45, 7) is 2.34. The SMILES string of the molecule is CN(C)c1ccc(NC(=O)N(C2CC3CCC2C3)C2(C)CCCCC2)cc1. The molecule has 0 aliphatic heterocycles. The molecule has 4 rings (SSSR count). The molecule has 3 atom stereocenters. The molecule has 4 heteroatoms. The second-order valence-electron chi connectivity index (χ2n) is 9.54. The predicted molar refractivity (Wildman–Crippen MR) is 112 cm³/mol. The van der Waals surface area contributed by atoms with Gasteiger partial charge in [0.05, 0.1) is 0 Å². The van der Waals surface area contributed by atoms with E-state index in [2.05, 4.69) is 34.2 Å². The van der Waals surface area contributed by atoms with Gasteiger partial charge in [-0.05, 0) is 75.1 Å². The van der Waals surface area contributed by atoms with Gasteiger partial charge in [-0.1, -0.05) is 25.7 Å². The average molecular weight is 370 g/mol. The Hall–Kier alpha value is -1.71. The molecule has 0 spiro atoms. The van der Waals surface area contributed by atoms with Gasteiger partial charge in [0.25, 0.3) is 0 Å². The van der Waals surface area contributed by atoms with Gasteiger partial charge < -0.3 is 15.1 Å². The third-order valence-electron chi connectivity index (χ3n) is 7.40. The van der Waals surface area contributed by atoms with Crippen molar-refractivity contribution in [2.45, 2.75) is 76.3 Å². The van der Waals surface area contributed by atoms with Gasteiger partial charge in [-0.15, -0.1) is 0 Å². The van der Waals surface area contributed by atoms with E-state index in [-0.39, 0.29) is 11.6 Å². The first-order chi connectivity index (χ1) is 13.0. The number of urea groups is 1. The molecular formula is C23H35N3O. The van der Waals surface area contributed by atoms with E-state index in [4.69, 9.17) is 0 Å². The van der Waals surface area contributed by atoms with Crippen LogP contribution in [0.2, 0.25) is 0 Å². The molecule has 1 aromatic carbocycles. The molecule has 0 heterocycles. The summed E-state index contributed by atoms with van der Waals surface area (Å²) in [6.07, 6.45) is 11.3. The zero-order valence-corrected chi connectivity index (χ0v) is 17.2. The number of hydrogen-bond acceptors (Lipinski definition) is 2. The van der Waals surface area contributed by atoms with Crippen molar-refractivity contribution in [3.8, 4) is 0 Å². The third-order valence-corrected chi connectivity index (χ3v) is 7.40. The molecule has 2 bridgehead atoms. The van der Waals surface area contributed by atoms with Gasteiger partial charge in [0.2, 0.25) is 0 Å². The Morgan fingerprint density at radius 1 is 1.04 bits per heavy atom. The van der Waals surface area contributed by atoms with E-state index in [0.29, 0.717) is 6.04 Å². The molecule has 3 saturated carbocycles. The summed E-state index contributed by atoms with van der Waals surface area (Å²) in [5.41, 5.74) is 2.07. The number of hydrogen-bond donors (Lipinski definition) is 1. The van der Waals surface area contributed by atoms with Crippen LogP contribution < -0.4 is 10.2 Å². The Kier molecular flexibility index (Phi) is 5.09. The number of rotatable bonds is 4. The van der Waals surface area contributed by atoms with Crippen LogP contribution in [0.25, 0.3) is 0 Å². The summed E-state index contributed by atoms with van der Waals surface area (Å²) in [5, 5.41) is 3.24. The van der Waals surface area contributed by atoms with E-state index in [1.165, 1.54) is 44.9 Å². The number of fused-ring (bicyclic) bond motifs is 2. The number of benzene rings is 1. The number of nitrogens with one attached hydrogen (secondary N) is 1. The molecule has 2 amide bonds. The van der Waals surface area contributed by atoms with Crippen molar-refractivity contribution in [3.05, 3.63) is 24.3 Å². The van der Waals surface area contributed by atoms with Gasteiger partial charge in [-0.3, -0.25) is 0 Å². The molecule has 27 heavy (non-hydrogen) atoms. The molecule has 1 aromatic rings. The van der Waals surface area contributed by atoms with Crippen molar-refractivity contribution in [1.29, 1.82) is 0 Å².